The van der Waals surface area contributed by atoms with Crippen molar-refractivity contribution in [2.75, 3.05) is 7.11 Å². The molecular formula is C21H20O3. The Balaban J connectivity index is 1.71. The van der Waals surface area contributed by atoms with Gasteiger partial charge in [-0.15, -0.1) is 0 Å². The van der Waals surface area contributed by atoms with Crippen molar-refractivity contribution in [3.63, 3.8) is 0 Å². The van der Waals surface area contributed by atoms with Gasteiger partial charge in [-0.3, -0.25) is 0 Å². The molecule has 0 amide bonds. The Labute approximate surface area is 142 Å². The van der Waals surface area contributed by atoms with E-state index in [9.17, 15) is 5.11 Å². The molecule has 1 atom stereocenters. The zero-order chi connectivity index (χ0) is 16.9. The predicted octanol–water partition coefficient (Wildman–Crippen LogP) is 5.21. The van der Waals surface area contributed by atoms with Crippen LogP contribution in [-0.2, 0) is 0 Å². The summed E-state index contributed by atoms with van der Waals surface area (Å²) in [6.07, 6.45) is -0.470. The van der Waals surface area contributed by atoms with Crippen LogP contribution in [0.1, 0.15) is 18.6 Å². The SMILES string of the molecule is COc1ccc(-c2ccc(Oc3ccc(C(C)O)cc3)cc2)cc1. The number of aliphatic hydroxyl groups is 1. The molecule has 1 N–H and O–H groups in total. The Hall–Kier alpha value is -2.78. The Morgan fingerprint density at radius 2 is 1.08 bits per heavy atom. The van der Waals surface area contributed by atoms with Crippen LogP contribution in [0.15, 0.2) is 72.8 Å². The number of rotatable bonds is 5. The molecule has 0 saturated carbocycles. The smallest absolute Gasteiger partial charge is 0.127 e. The molecule has 0 radical (unpaired) electrons. The van der Waals surface area contributed by atoms with Crippen LogP contribution < -0.4 is 9.47 Å². The Bertz CT molecular complexity index is 773. The van der Waals surface area contributed by atoms with Crippen molar-refractivity contribution in [1.29, 1.82) is 0 Å². The van der Waals surface area contributed by atoms with Crippen LogP contribution in [0.4, 0.5) is 0 Å². The van der Waals surface area contributed by atoms with Crippen molar-refractivity contribution in [3.8, 4) is 28.4 Å². The normalized spacial score (nSPS) is 11.8. The number of hydrogen-bond acceptors (Lipinski definition) is 3. The first-order valence-electron chi connectivity index (χ1n) is 7.86. The summed E-state index contributed by atoms with van der Waals surface area (Å²) in [5, 5.41) is 9.53. The second-order valence-corrected chi connectivity index (χ2v) is 5.60. The first kappa shape index (κ1) is 16.1. The molecular weight excluding hydrogens is 300 g/mol. The van der Waals surface area contributed by atoms with E-state index < -0.39 is 6.10 Å². The molecule has 0 spiro atoms. The fourth-order valence-electron chi connectivity index (χ4n) is 2.45. The Kier molecular flexibility index (Phi) is 4.82. The molecule has 1 unspecified atom stereocenters. The fraction of sp³-hybridized carbons (Fsp3) is 0.143. The Morgan fingerprint density at radius 3 is 1.50 bits per heavy atom. The molecule has 24 heavy (non-hydrogen) atoms. The minimum Gasteiger partial charge on any atom is -0.497 e. The highest BCUT2D eigenvalue weighted by molar-refractivity contribution is 5.65. The quantitative estimate of drug-likeness (QED) is 0.701. The lowest BCUT2D eigenvalue weighted by atomic mass is 10.1. The molecule has 0 fully saturated rings. The summed E-state index contributed by atoms with van der Waals surface area (Å²) in [4.78, 5) is 0. The van der Waals surface area contributed by atoms with Crippen molar-refractivity contribution in [2.24, 2.45) is 0 Å². The van der Waals surface area contributed by atoms with E-state index in [1.165, 1.54) is 0 Å². The van der Waals surface area contributed by atoms with Crippen molar-refractivity contribution in [1.82, 2.24) is 0 Å². The number of hydrogen-bond donors (Lipinski definition) is 1. The van der Waals surface area contributed by atoms with Crippen LogP contribution in [0.3, 0.4) is 0 Å². The van der Waals surface area contributed by atoms with Crippen molar-refractivity contribution >= 4 is 0 Å². The van der Waals surface area contributed by atoms with Gasteiger partial charge in [-0.1, -0.05) is 36.4 Å². The molecule has 0 saturated heterocycles. The van der Waals surface area contributed by atoms with Crippen LogP contribution in [0.2, 0.25) is 0 Å². The summed E-state index contributed by atoms with van der Waals surface area (Å²) in [7, 11) is 1.66. The van der Waals surface area contributed by atoms with E-state index in [0.29, 0.717) is 0 Å². The molecule has 0 heterocycles. The second kappa shape index (κ2) is 7.20. The first-order chi connectivity index (χ1) is 11.7. The maximum atomic E-state index is 9.53. The molecule has 0 aliphatic carbocycles. The van der Waals surface area contributed by atoms with Crippen LogP contribution in [0, 0.1) is 0 Å². The molecule has 0 aliphatic rings. The molecule has 0 aromatic heterocycles. The van der Waals surface area contributed by atoms with Gasteiger partial charge in [-0.25, -0.2) is 0 Å². The van der Waals surface area contributed by atoms with Gasteiger partial charge >= 0.3 is 0 Å². The fourth-order valence-corrected chi connectivity index (χ4v) is 2.45. The second-order valence-electron chi connectivity index (χ2n) is 5.60. The molecule has 3 aromatic rings. The maximum Gasteiger partial charge on any atom is 0.127 e. The molecule has 0 aliphatic heterocycles. The molecule has 3 heteroatoms. The largest absolute Gasteiger partial charge is 0.497 e. The lowest BCUT2D eigenvalue weighted by Gasteiger charge is -2.09. The van der Waals surface area contributed by atoms with Gasteiger partial charge in [0.05, 0.1) is 13.2 Å². The van der Waals surface area contributed by atoms with E-state index in [-0.39, 0.29) is 0 Å². The minimum atomic E-state index is -0.470. The molecule has 0 bridgehead atoms. The third kappa shape index (κ3) is 3.76. The highest BCUT2D eigenvalue weighted by Crippen LogP contribution is 2.27. The van der Waals surface area contributed by atoms with E-state index in [1.54, 1.807) is 14.0 Å². The number of benzene rings is 3. The van der Waals surface area contributed by atoms with E-state index in [4.69, 9.17) is 9.47 Å². The average Bonchev–Trinajstić information content (AvgIpc) is 2.63. The summed E-state index contributed by atoms with van der Waals surface area (Å²) in [5.41, 5.74) is 3.12. The first-order valence-corrected chi connectivity index (χ1v) is 7.86. The van der Waals surface area contributed by atoms with E-state index in [0.717, 1.165) is 33.9 Å². The summed E-state index contributed by atoms with van der Waals surface area (Å²) in [5.74, 6) is 2.37. The summed E-state index contributed by atoms with van der Waals surface area (Å²) in [6, 6.07) is 23.4. The van der Waals surface area contributed by atoms with Gasteiger partial charge < -0.3 is 14.6 Å². The van der Waals surface area contributed by atoms with Gasteiger partial charge in [-0.05, 0) is 60.0 Å². The predicted molar refractivity (Wildman–Crippen MR) is 95.6 cm³/mol. The molecule has 3 aromatic carbocycles. The van der Waals surface area contributed by atoms with Gasteiger partial charge in [0, 0.05) is 0 Å². The molecule has 3 nitrogen and oxygen atoms in total. The van der Waals surface area contributed by atoms with Crippen LogP contribution in [-0.4, -0.2) is 12.2 Å². The zero-order valence-electron chi connectivity index (χ0n) is 13.8. The summed E-state index contributed by atoms with van der Waals surface area (Å²) < 4.78 is 11.0. The number of ether oxygens (including phenoxy) is 2. The maximum absolute atomic E-state index is 9.53. The number of methoxy groups -OCH3 is 1. The minimum absolute atomic E-state index is 0.470. The Morgan fingerprint density at radius 1 is 0.667 bits per heavy atom. The van der Waals surface area contributed by atoms with Gasteiger partial charge in [-0.2, -0.15) is 0 Å². The van der Waals surface area contributed by atoms with Crippen molar-refractivity contribution in [3.05, 3.63) is 78.4 Å². The van der Waals surface area contributed by atoms with E-state index in [2.05, 4.69) is 0 Å². The lowest BCUT2D eigenvalue weighted by molar-refractivity contribution is 0.199. The van der Waals surface area contributed by atoms with Gasteiger partial charge in [0.25, 0.3) is 0 Å². The highest BCUT2D eigenvalue weighted by atomic mass is 16.5. The van der Waals surface area contributed by atoms with Crippen LogP contribution in [0.25, 0.3) is 11.1 Å². The highest BCUT2D eigenvalue weighted by Gasteiger charge is 2.03. The summed E-state index contributed by atoms with van der Waals surface area (Å²) in [6.45, 7) is 1.74. The number of aliphatic hydroxyl groups excluding tert-OH is 1. The molecule has 122 valence electrons. The van der Waals surface area contributed by atoms with Crippen molar-refractivity contribution in [2.45, 2.75) is 13.0 Å². The standard InChI is InChI=1S/C21H20O3/c1-15(22)16-3-11-20(12-4-16)24-21-13-7-18(8-14-21)17-5-9-19(23-2)10-6-17/h3-15,22H,1-2H3. The molecule has 3 rings (SSSR count). The third-order valence-electron chi connectivity index (χ3n) is 3.88. The summed E-state index contributed by atoms with van der Waals surface area (Å²) >= 11 is 0. The van der Waals surface area contributed by atoms with Crippen LogP contribution >= 0.6 is 0 Å². The lowest BCUT2D eigenvalue weighted by Crippen LogP contribution is -1.90. The van der Waals surface area contributed by atoms with Gasteiger partial charge in [0.2, 0.25) is 0 Å². The monoisotopic (exact) mass is 320 g/mol. The van der Waals surface area contributed by atoms with Gasteiger partial charge in [0.1, 0.15) is 17.2 Å². The van der Waals surface area contributed by atoms with Crippen molar-refractivity contribution < 1.29 is 14.6 Å². The zero-order valence-corrected chi connectivity index (χ0v) is 13.8. The average molecular weight is 320 g/mol. The topological polar surface area (TPSA) is 38.7 Å². The van der Waals surface area contributed by atoms with Crippen LogP contribution in [0.5, 0.6) is 17.2 Å². The van der Waals surface area contributed by atoms with E-state index >= 15 is 0 Å². The van der Waals surface area contributed by atoms with Gasteiger partial charge in [0.15, 0.2) is 0 Å². The third-order valence-corrected chi connectivity index (χ3v) is 3.88. The van der Waals surface area contributed by atoms with E-state index in [1.807, 2.05) is 72.8 Å².